The number of nitrogens with zero attached hydrogens (tertiary/aromatic N) is 2. The van der Waals surface area contributed by atoms with Crippen LogP contribution >= 0.6 is 15.9 Å². The average molecular weight is 328 g/mol. The van der Waals surface area contributed by atoms with Gasteiger partial charge in [-0.1, -0.05) is 0 Å². The molecule has 1 heterocycles. The monoisotopic (exact) mass is 327 g/mol. The Bertz CT molecular complexity index is 517. The lowest BCUT2D eigenvalue weighted by Crippen LogP contribution is -2.57. The highest BCUT2D eigenvalue weighted by molar-refractivity contribution is 9.10. The molecule has 0 bridgehead atoms. The third-order valence-electron chi connectivity index (χ3n) is 3.37. The Morgan fingerprint density at radius 3 is 2.74 bits per heavy atom. The molecule has 0 unspecified atom stereocenters. The Morgan fingerprint density at radius 2 is 2.16 bits per heavy atom. The highest BCUT2D eigenvalue weighted by Gasteiger charge is 2.27. The number of hydrogen-bond donors (Lipinski definition) is 1. The van der Waals surface area contributed by atoms with Gasteiger partial charge in [-0.05, 0) is 42.8 Å². The minimum absolute atomic E-state index is 0.0490. The highest BCUT2D eigenvalue weighted by atomic mass is 79.9. The zero-order valence-corrected chi connectivity index (χ0v) is 13.0. The van der Waals surface area contributed by atoms with Gasteiger partial charge in [-0.15, -0.1) is 0 Å². The van der Waals surface area contributed by atoms with Crippen LogP contribution in [0.25, 0.3) is 0 Å². The number of aryl methyl sites for hydroxylation is 1. The molecule has 19 heavy (non-hydrogen) atoms. The van der Waals surface area contributed by atoms with E-state index in [1.54, 1.807) is 13.0 Å². The van der Waals surface area contributed by atoms with E-state index in [1.807, 2.05) is 6.07 Å². The fraction of sp³-hybridized carbons (Fsp3) is 0.538. The largest absolute Gasteiger partial charge is 0.368 e. The quantitative estimate of drug-likeness (QED) is 0.670. The first-order valence-corrected chi connectivity index (χ1v) is 7.04. The summed E-state index contributed by atoms with van der Waals surface area (Å²) in [5.74, 6) is 0. The lowest BCUT2D eigenvalue weighted by atomic mass is 10.0. The molecule has 0 radical (unpaired) electrons. The minimum atomic E-state index is -0.342. The van der Waals surface area contributed by atoms with E-state index in [1.165, 1.54) is 0 Å². The van der Waals surface area contributed by atoms with Gasteiger partial charge in [0.2, 0.25) is 0 Å². The van der Waals surface area contributed by atoms with Crippen molar-refractivity contribution in [1.82, 2.24) is 5.32 Å². The number of halogens is 1. The van der Waals surface area contributed by atoms with Crippen molar-refractivity contribution in [2.45, 2.75) is 26.3 Å². The number of nitro benzene ring substituents is 1. The molecule has 0 atom stereocenters. The van der Waals surface area contributed by atoms with E-state index >= 15 is 0 Å². The third-order valence-corrected chi connectivity index (χ3v) is 4.01. The van der Waals surface area contributed by atoms with Gasteiger partial charge in [0.05, 0.1) is 10.6 Å². The van der Waals surface area contributed by atoms with Crippen molar-refractivity contribution in [2.75, 3.05) is 24.5 Å². The highest BCUT2D eigenvalue weighted by Crippen LogP contribution is 2.34. The van der Waals surface area contributed by atoms with Gasteiger partial charge in [-0.3, -0.25) is 10.1 Å². The SMILES string of the molecule is Cc1cc(N2CCNC(C)(C)C2)c(Br)cc1[N+](=O)[O-]. The number of piperazine rings is 1. The van der Waals surface area contributed by atoms with Crippen molar-refractivity contribution in [3.05, 3.63) is 32.3 Å². The molecule has 1 aliphatic heterocycles. The molecule has 1 aromatic rings. The van der Waals surface area contributed by atoms with E-state index in [0.29, 0.717) is 5.56 Å². The molecule has 0 amide bonds. The summed E-state index contributed by atoms with van der Waals surface area (Å²) in [5.41, 5.74) is 1.93. The zero-order chi connectivity index (χ0) is 14.2. The van der Waals surface area contributed by atoms with Gasteiger partial charge in [0.25, 0.3) is 5.69 Å². The summed E-state index contributed by atoms with van der Waals surface area (Å²) in [7, 11) is 0. The van der Waals surface area contributed by atoms with Crippen LogP contribution in [0.4, 0.5) is 11.4 Å². The van der Waals surface area contributed by atoms with Crippen molar-refractivity contribution in [1.29, 1.82) is 0 Å². The molecule has 104 valence electrons. The van der Waals surface area contributed by atoms with E-state index in [9.17, 15) is 10.1 Å². The summed E-state index contributed by atoms with van der Waals surface area (Å²) in [6.07, 6.45) is 0. The van der Waals surface area contributed by atoms with Gasteiger partial charge in [0, 0.05) is 41.3 Å². The summed E-state index contributed by atoms with van der Waals surface area (Å²) in [5, 5.41) is 14.4. The maximum Gasteiger partial charge on any atom is 0.273 e. The van der Waals surface area contributed by atoms with E-state index in [4.69, 9.17) is 0 Å². The average Bonchev–Trinajstić information content (AvgIpc) is 2.30. The lowest BCUT2D eigenvalue weighted by Gasteiger charge is -2.40. The van der Waals surface area contributed by atoms with Gasteiger partial charge in [-0.2, -0.15) is 0 Å². The summed E-state index contributed by atoms with van der Waals surface area (Å²) in [6.45, 7) is 8.79. The Labute approximate surface area is 121 Å². The van der Waals surface area contributed by atoms with Crippen molar-refractivity contribution >= 4 is 27.3 Å². The van der Waals surface area contributed by atoms with Crippen LogP contribution in [-0.4, -0.2) is 30.1 Å². The topological polar surface area (TPSA) is 58.4 Å². The smallest absolute Gasteiger partial charge is 0.273 e. The van der Waals surface area contributed by atoms with Crippen LogP contribution in [0.1, 0.15) is 19.4 Å². The number of nitro groups is 1. The van der Waals surface area contributed by atoms with Crippen LogP contribution < -0.4 is 10.2 Å². The number of nitrogens with one attached hydrogen (secondary N) is 1. The van der Waals surface area contributed by atoms with Crippen LogP contribution in [0.15, 0.2) is 16.6 Å². The molecule has 6 heteroatoms. The first kappa shape index (κ1) is 14.3. The molecule has 0 saturated carbocycles. The van der Waals surface area contributed by atoms with Crippen LogP contribution in [0.5, 0.6) is 0 Å². The normalized spacial score (nSPS) is 18.4. The molecule has 0 aliphatic carbocycles. The number of rotatable bonds is 2. The minimum Gasteiger partial charge on any atom is -0.368 e. The van der Waals surface area contributed by atoms with Crippen molar-refractivity contribution in [3.63, 3.8) is 0 Å². The molecule has 5 nitrogen and oxygen atoms in total. The molecule has 0 spiro atoms. The summed E-state index contributed by atoms with van der Waals surface area (Å²) in [6, 6.07) is 3.49. The second-order valence-corrected chi connectivity index (χ2v) is 6.43. The fourth-order valence-electron chi connectivity index (χ4n) is 2.44. The maximum atomic E-state index is 10.9. The second-order valence-electron chi connectivity index (χ2n) is 5.58. The zero-order valence-electron chi connectivity index (χ0n) is 11.4. The van der Waals surface area contributed by atoms with Gasteiger partial charge in [0.15, 0.2) is 0 Å². The Balaban J connectivity index is 2.35. The van der Waals surface area contributed by atoms with E-state index in [-0.39, 0.29) is 16.1 Å². The Hall–Kier alpha value is -1.14. The van der Waals surface area contributed by atoms with Crippen LogP contribution in [0.2, 0.25) is 0 Å². The molecular formula is C13H18BrN3O2. The van der Waals surface area contributed by atoms with Gasteiger partial charge in [-0.25, -0.2) is 0 Å². The Morgan fingerprint density at radius 1 is 1.47 bits per heavy atom. The molecule has 1 aromatic carbocycles. The molecular weight excluding hydrogens is 310 g/mol. The van der Waals surface area contributed by atoms with Gasteiger partial charge >= 0.3 is 0 Å². The van der Waals surface area contributed by atoms with E-state index in [0.717, 1.165) is 29.8 Å². The van der Waals surface area contributed by atoms with Crippen molar-refractivity contribution < 1.29 is 4.92 Å². The molecule has 2 rings (SSSR count). The second kappa shape index (κ2) is 5.09. The van der Waals surface area contributed by atoms with Crippen LogP contribution in [0, 0.1) is 17.0 Å². The summed E-state index contributed by atoms with van der Waals surface area (Å²) < 4.78 is 0.780. The first-order valence-electron chi connectivity index (χ1n) is 6.25. The van der Waals surface area contributed by atoms with Gasteiger partial charge in [0.1, 0.15) is 0 Å². The van der Waals surface area contributed by atoms with Crippen LogP contribution in [0.3, 0.4) is 0 Å². The number of hydrogen-bond acceptors (Lipinski definition) is 4. The number of anilines is 1. The van der Waals surface area contributed by atoms with Crippen molar-refractivity contribution in [2.24, 2.45) is 0 Å². The van der Waals surface area contributed by atoms with Crippen molar-refractivity contribution in [3.8, 4) is 0 Å². The first-order chi connectivity index (χ1) is 8.80. The predicted octanol–water partition coefficient (Wildman–Crippen LogP) is 2.85. The molecule has 1 aliphatic rings. The summed E-state index contributed by atoms with van der Waals surface area (Å²) >= 11 is 3.46. The number of benzene rings is 1. The fourth-order valence-corrected chi connectivity index (χ4v) is 3.02. The van der Waals surface area contributed by atoms with E-state index in [2.05, 4.69) is 40.0 Å². The standard InChI is InChI=1S/C13H18BrN3O2/c1-9-6-12(10(14)7-11(9)17(18)19)16-5-4-15-13(2,3)8-16/h6-7,15H,4-5,8H2,1-3H3. The maximum absolute atomic E-state index is 10.9. The molecule has 1 fully saturated rings. The Kier molecular flexibility index (Phi) is 3.82. The van der Waals surface area contributed by atoms with E-state index < -0.39 is 0 Å². The lowest BCUT2D eigenvalue weighted by molar-refractivity contribution is -0.385. The predicted molar refractivity (Wildman–Crippen MR) is 79.8 cm³/mol. The summed E-state index contributed by atoms with van der Waals surface area (Å²) in [4.78, 5) is 12.8. The molecule has 0 aromatic heterocycles. The molecule has 1 saturated heterocycles. The van der Waals surface area contributed by atoms with Gasteiger partial charge < -0.3 is 10.2 Å². The third kappa shape index (κ3) is 3.06. The molecule has 1 N–H and O–H groups in total. The van der Waals surface area contributed by atoms with Crippen LogP contribution in [-0.2, 0) is 0 Å².